The number of benzene rings is 2. The van der Waals surface area contributed by atoms with Crippen LogP contribution < -0.4 is 14.9 Å². The normalized spacial score (nSPS) is 10.8. The minimum absolute atomic E-state index is 0.0176. The molecular formula is C27H29N5O5S. The van der Waals surface area contributed by atoms with Gasteiger partial charge in [0.15, 0.2) is 16.7 Å². The lowest BCUT2D eigenvalue weighted by Gasteiger charge is -2.16. The van der Waals surface area contributed by atoms with E-state index in [1.165, 1.54) is 30.1 Å². The first-order valence-electron chi connectivity index (χ1n) is 11.8. The number of hydrogen-bond acceptors (Lipinski definition) is 9. The number of aryl methyl sites for hydroxylation is 2. The Morgan fingerprint density at radius 2 is 1.87 bits per heavy atom. The zero-order valence-corrected chi connectivity index (χ0v) is 22.3. The fourth-order valence-electron chi connectivity index (χ4n) is 3.46. The first kappa shape index (κ1) is 28.3. The fourth-order valence-corrected chi connectivity index (χ4v) is 4.20. The fraction of sp³-hybridized carbons (Fsp3) is 0.259. The Kier molecular flexibility index (Phi) is 10.4. The van der Waals surface area contributed by atoms with Gasteiger partial charge >= 0.3 is 0 Å². The van der Waals surface area contributed by atoms with Crippen LogP contribution in [0, 0.1) is 24.0 Å². The van der Waals surface area contributed by atoms with Crippen LogP contribution >= 0.6 is 11.8 Å². The summed E-state index contributed by atoms with van der Waals surface area (Å²) >= 11 is 1.24. The zero-order chi connectivity index (χ0) is 27.5. The molecule has 2 aromatic carbocycles. The molecular weight excluding hydrogens is 506 g/mol. The van der Waals surface area contributed by atoms with Gasteiger partial charge in [0.2, 0.25) is 0 Å². The number of hydrogen-bond donors (Lipinski definition) is 1. The van der Waals surface area contributed by atoms with Crippen molar-refractivity contribution in [2.24, 2.45) is 5.10 Å². The number of nitrogens with zero attached hydrogens (tertiary/aromatic N) is 4. The van der Waals surface area contributed by atoms with Gasteiger partial charge in [-0.2, -0.15) is 5.10 Å². The molecule has 0 fully saturated rings. The monoisotopic (exact) mass is 535 g/mol. The highest BCUT2D eigenvalue weighted by Gasteiger charge is 2.14. The van der Waals surface area contributed by atoms with Crippen molar-refractivity contribution in [3.05, 3.63) is 93.3 Å². The molecule has 1 N–H and O–H groups in total. The number of carbonyl (C=O) groups excluding carboxylic acids is 1. The number of ether oxygens (including phenoxy) is 2. The molecule has 0 aliphatic rings. The highest BCUT2D eigenvalue weighted by Crippen LogP contribution is 2.34. The second-order valence-corrected chi connectivity index (χ2v) is 9.10. The molecule has 0 radical (unpaired) electrons. The second-order valence-electron chi connectivity index (χ2n) is 8.16. The average molecular weight is 536 g/mol. The number of thioether (sulfide) groups is 1. The van der Waals surface area contributed by atoms with Crippen molar-refractivity contribution in [2.75, 3.05) is 12.4 Å². The van der Waals surface area contributed by atoms with Gasteiger partial charge in [-0.25, -0.2) is 15.4 Å². The van der Waals surface area contributed by atoms with Crippen LogP contribution in [-0.4, -0.2) is 39.4 Å². The predicted molar refractivity (Wildman–Crippen MR) is 147 cm³/mol. The van der Waals surface area contributed by atoms with Crippen molar-refractivity contribution in [1.29, 1.82) is 0 Å². The SMILES string of the molecule is C=CCc1cc(/C=N\NC(=O)CSc2nc(C)cc(C)n2)cc(OCC)c1OCc1ccc([N+](=O)[O-])cc1. The Bertz CT molecular complexity index is 1310. The molecule has 11 heteroatoms. The molecule has 0 bridgehead atoms. The molecule has 3 aromatic rings. The van der Waals surface area contributed by atoms with Gasteiger partial charge in [0.25, 0.3) is 11.6 Å². The summed E-state index contributed by atoms with van der Waals surface area (Å²) in [7, 11) is 0. The van der Waals surface area contributed by atoms with Crippen molar-refractivity contribution in [3.8, 4) is 11.5 Å². The molecule has 198 valence electrons. The Labute approximate surface area is 225 Å². The molecule has 38 heavy (non-hydrogen) atoms. The van der Waals surface area contributed by atoms with Gasteiger partial charge in [-0.3, -0.25) is 14.9 Å². The molecule has 0 saturated carbocycles. The van der Waals surface area contributed by atoms with E-state index in [0.29, 0.717) is 35.2 Å². The highest BCUT2D eigenvalue weighted by atomic mass is 32.2. The van der Waals surface area contributed by atoms with Gasteiger partial charge in [-0.15, -0.1) is 6.58 Å². The molecule has 3 rings (SSSR count). The van der Waals surface area contributed by atoms with E-state index < -0.39 is 4.92 Å². The lowest BCUT2D eigenvalue weighted by atomic mass is 10.1. The third-order valence-electron chi connectivity index (χ3n) is 5.05. The maximum absolute atomic E-state index is 12.3. The predicted octanol–water partition coefficient (Wildman–Crippen LogP) is 4.95. The maximum Gasteiger partial charge on any atom is 0.269 e. The number of rotatable bonds is 13. The Morgan fingerprint density at radius 3 is 2.50 bits per heavy atom. The number of aromatic nitrogens is 2. The van der Waals surface area contributed by atoms with Crippen LogP contribution in [0.15, 0.2) is 65.4 Å². The van der Waals surface area contributed by atoms with Crippen molar-refractivity contribution in [2.45, 2.75) is 39.0 Å². The van der Waals surface area contributed by atoms with E-state index in [-0.39, 0.29) is 24.0 Å². The van der Waals surface area contributed by atoms with E-state index in [1.807, 2.05) is 32.9 Å². The van der Waals surface area contributed by atoms with Crippen LogP contribution in [0.4, 0.5) is 5.69 Å². The molecule has 0 saturated heterocycles. The van der Waals surface area contributed by atoms with Crippen molar-refractivity contribution >= 4 is 29.6 Å². The standard InChI is InChI=1S/C27H29N5O5S/c1-5-7-22-13-21(15-28-31-25(33)17-38-27-29-18(3)12-19(4)30-27)14-24(36-6-2)26(22)37-16-20-8-10-23(11-9-20)32(34)35/h5,8-15H,1,6-7,16-17H2,2-4H3,(H,31,33)/b28-15-. The molecule has 10 nitrogen and oxygen atoms in total. The lowest BCUT2D eigenvalue weighted by Crippen LogP contribution is -2.19. The Balaban J connectivity index is 1.69. The third kappa shape index (κ3) is 8.41. The van der Waals surface area contributed by atoms with Crippen molar-refractivity contribution in [3.63, 3.8) is 0 Å². The Morgan fingerprint density at radius 1 is 1.16 bits per heavy atom. The number of nitrogens with one attached hydrogen (secondary N) is 1. The summed E-state index contributed by atoms with van der Waals surface area (Å²) < 4.78 is 11.9. The van der Waals surface area contributed by atoms with Gasteiger partial charge in [-0.05, 0) is 68.7 Å². The highest BCUT2D eigenvalue weighted by molar-refractivity contribution is 7.99. The van der Waals surface area contributed by atoms with E-state index in [4.69, 9.17) is 9.47 Å². The number of hydrazone groups is 1. The maximum atomic E-state index is 12.3. The van der Waals surface area contributed by atoms with E-state index in [2.05, 4.69) is 27.1 Å². The van der Waals surface area contributed by atoms with Gasteiger partial charge < -0.3 is 9.47 Å². The summed E-state index contributed by atoms with van der Waals surface area (Å²) in [5, 5.41) is 15.5. The smallest absolute Gasteiger partial charge is 0.269 e. The largest absolute Gasteiger partial charge is 0.490 e. The van der Waals surface area contributed by atoms with E-state index in [1.54, 1.807) is 24.3 Å². The van der Waals surface area contributed by atoms with Crippen LogP contribution in [0.25, 0.3) is 0 Å². The molecule has 1 heterocycles. The number of allylic oxidation sites excluding steroid dienone is 1. The number of nitro groups is 1. The molecule has 0 unspecified atom stereocenters. The zero-order valence-electron chi connectivity index (χ0n) is 21.5. The van der Waals surface area contributed by atoms with E-state index >= 15 is 0 Å². The number of non-ortho nitro benzene ring substituents is 1. The average Bonchev–Trinajstić information content (AvgIpc) is 2.87. The molecule has 1 amide bonds. The van der Waals surface area contributed by atoms with Crippen molar-refractivity contribution < 1.29 is 19.2 Å². The van der Waals surface area contributed by atoms with E-state index in [9.17, 15) is 14.9 Å². The second kappa shape index (κ2) is 13.9. The number of amides is 1. The topological polar surface area (TPSA) is 129 Å². The summed E-state index contributed by atoms with van der Waals surface area (Å²) in [6.45, 7) is 10.1. The minimum atomic E-state index is -0.444. The van der Waals surface area contributed by atoms with Crippen LogP contribution in [0.2, 0.25) is 0 Å². The van der Waals surface area contributed by atoms with Gasteiger partial charge in [-0.1, -0.05) is 17.8 Å². The Hall–Kier alpha value is -4.25. The van der Waals surface area contributed by atoms with Crippen LogP contribution in [-0.2, 0) is 17.8 Å². The number of carbonyl (C=O) groups is 1. The van der Waals surface area contributed by atoms with Gasteiger partial charge in [0, 0.05) is 29.1 Å². The first-order chi connectivity index (χ1) is 18.3. The van der Waals surface area contributed by atoms with Crippen LogP contribution in [0.5, 0.6) is 11.5 Å². The summed E-state index contributed by atoms with van der Waals surface area (Å²) in [4.78, 5) is 31.3. The summed E-state index contributed by atoms with van der Waals surface area (Å²) in [6.07, 6.45) is 3.79. The first-order valence-corrected chi connectivity index (χ1v) is 12.8. The van der Waals surface area contributed by atoms with Crippen molar-refractivity contribution in [1.82, 2.24) is 15.4 Å². The molecule has 0 spiro atoms. The molecule has 0 atom stereocenters. The van der Waals surface area contributed by atoms with Crippen LogP contribution in [0.1, 0.15) is 35.0 Å². The molecule has 0 aliphatic heterocycles. The van der Waals surface area contributed by atoms with Crippen LogP contribution in [0.3, 0.4) is 0 Å². The molecule has 0 aliphatic carbocycles. The number of nitro benzene ring substituents is 1. The van der Waals surface area contributed by atoms with Gasteiger partial charge in [0.05, 0.1) is 23.5 Å². The third-order valence-corrected chi connectivity index (χ3v) is 5.89. The quantitative estimate of drug-likeness (QED) is 0.0813. The molecule has 1 aromatic heterocycles. The minimum Gasteiger partial charge on any atom is -0.490 e. The summed E-state index contributed by atoms with van der Waals surface area (Å²) in [5.74, 6) is 0.912. The summed E-state index contributed by atoms with van der Waals surface area (Å²) in [6, 6.07) is 11.7. The van der Waals surface area contributed by atoms with Gasteiger partial charge in [0.1, 0.15) is 6.61 Å². The summed E-state index contributed by atoms with van der Waals surface area (Å²) in [5.41, 5.74) is 6.54. The lowest BCUT2D eigenvalue weighted by molar-refractivity contribution is -0.384. The van der Waals surface area contributed by atoms with E-state index in [0.717, 1.165) is 22.5 Å².